The Hall–Kier alpha value is -0.760. The van der Waals surface area contributed by atoms with Crippen molar-refractivity contribution >= 4 is 11.6 Å². The van der Waals surface area contributed by atoms with Crippen molar-refractivity contribution in [3.05, 3.63) is 23.5 Å². The summed E-state index contributed by atoms with van der Waals surface area (Å²) in [5, 5.41) is 0.608. The molecule has 1 rings (SSSR count). The number of halogens is 1. The quantitative estimate of drug-likeness (QED) is 0.723. The van der Waals surface area contributed by atoms with E-state index < -0.39 is 0 Å². The number of pyridine rings is 1. The fraction of sp³-hybridized carbons (Fsp3) is 0.444. The van der Waals surface area contributed by atoms with E-state index in [1.165, 1.54) is 0 Å². The number of hydrogen-bond acceptors (Lipinski definition) is 2. The Balaban J connectivity index is 2.52. The molecule has 0 radical (unpaired) electrons. The SMILES string of the molecule is CC(C)COc1cncc(Cl)c1. The highest BCUT2D eigenvalue weighted by molar-refractivity contribution is 6.30. The summed E-state index contributed by atoms with van der Waals surface area (Å²) in [5.74, 6) is 1.25. The summed E-state index contributed by atoms with van der Waals surface area (Å²) in [6.07, 6.45) is 3.25. The molecule has 2 nitrogen and oxygen atoms in total. The van der Waals surface area contributed by atoms with Crippen LogP contribution in [0.15, 0.2) is 18.5 Å². The van der Waals surface area contributed by atoms with Crippen LogP contribution < -0.4 is 4.74 Å². The van der Waals surface area contributed by atoms with E-state index in [9.17, 15) is 0 Å². The van der Waals surface area contributed by atoms with Crippen LogP contribution in [0.2, 0.25) is 5.02 Å². The second kappa shape index (κ2) is 4.31. The van der Waals surface area contributed by atoms with Crippen LogP contribution in [-0.2, 0) is 0 Å². The summed E-state index contributed by atoms with van der Waals surface area (Å²) in [6.45, 7) is 4.89. The van der Waals surface area contributed by atoms with Crippen LogP contribution in [0.1, 0.15) is 13.8 Å². The van der Waals surface area contributed by atoms with Crippen molar-refractivity contribution in [1.29, 1.82) is 0 Å². The molecule has 0 saturated heterocycles. The van der Waals surface area contributed by atoms with E-state index in [4.69, 9.17) is 16.3 Å². The van der Waals surface area contributed by atoms with Crippen molar-refractivity contribution in [2.75, 3.05) is 6.61 Å². The van der Waals surface area contributed by atoms with Crippen LogP contribution in [0, 0.1) is 5.92 Å². The second-order valence-electron chi connectivity index (χ2n) is 3.04. The monoisotopic (exact) mass is 185 g/mol. The maximum atomic E-state index is 5.72. The van der Waals surface area contributed by atoms with Gasteiger partial charge in [-0.3, -0.25) is 4.98 Å². The largest absolute Gasteiger partial charge is 0.492 e. The summed E-state index contributed by atoms with van der Waals surface area (Å²) in [7, 11) is 0. The first-order valence-electron chi connectivity index (χ1n) is 3.92. The molecule has 0 aliphatic rings. The third-order valence-corrected chi connectivity index (χ3v) is 1.47. The maximum Gasteiger partial charge on any atom is 0.139 e. The van der Waals surface area contributed by atoms with E-state index in [2.05, 4.69) is 18.8 Å². The van der Waals surface area contributed by atoms with Crippen LogP contribution >= 0.6 is 11.6 Å². The van der Waals surface area contributed by atoms with Gasteiger partial charge in [0.05, 0.1) is 17.8 Å². The van der Waals surface area contributed by atoms with Crippen LogP contribution in [0.25, 0.3) is 0 Å². The minimum Gasteiger partial charge on any atom is -0.492 e. The van der Waals surface area contributed by atoms with E-state index in [-0.39, 0.29) is 0 Å². The first kappa shape index (κ1) is 9.33. The molecule has 0 amide bonds. The topological polar surface area (TPSA) is 22.1 Å². The molecule has 0 unspecified atom stereocenters. The molecule has 1 heterocycles. The van der Waals surface area contributed by atoms with Gasteiger partial charge < -0.3 is 4.74 Å². The molecule has 66 valence electrons. The van der Waals surface area contributed by atoms with Gasteiger partial charge in [-0.1, -0.05) is 25.4 Å². The van der Waals surface area contributed by atoms with Gasteiger partial charge in [0.1, 0.15) is 5.75 Å². The van der Waals surface area contributed by atoms with Gasteiger partial charge in [-0.2, -0.15) is 0 Å². The van der Waals surface area contributed by atoms with Crippen molar-refractivity contribution < 1.29 is 4.74 Å². The first-order valence-corrected chi connectivity index (χ1v) is 4.29. The number of ether oxygens (including phenoxy) is 1. The summed E-state index contributed by atoms with van der Waals surface area (Å²) in [4.78, 5) is 3.91. The molecule has 0 spiro atoms. The molecular weight excluding hydrogens is 174 g/mol. The molecule has 0 bridgehead atoms. The van der Waals surface area contributed by atoms with Gasteiger partial charge in [-0.15, -0.1) is 0 Å². The van der Waals surface area contributed by atoms with Gasteiger partial charge in [-0.25, -0.2) is 0 Å². The Morgan fingerprint density at radius 3 is 2.83 bits per heavy atom. The Labute approximate surface area is 77.5 Å². The molecule has 3 heteroatoms. The molecular formula is C9H12ClNO. The van der Waals surface area contributed by atoms with Gasteiger partial charge in [-0.05, 0) is 5.92 Å². The third-order valence-electron chi connectivity index (χ3n) is 1.26. The number of hydrogen-bond donors (Lipinski definition) is 0. The number of rotatable bonds is 3. The number of aromatic nitrogens is 1. The minimum absolute atomic E-state index is 0.518. The van der Waals surface area contributed by atoms with E-state index in [0.29, 0.717) is 17.5 Å². The Kier molecular flexibility index (Phi) is 3.35. The molecule has 0 atom stereocenters. The minimum atomic E-state index is 0.518. The lowest BCUT2D eigenvalue weighted by Crippen LogP contribution is -2.04. The predicted molar refractivity (Wildman–Crippen MR) is 49.6 cm³/mol. The molecule has 0 fully saturated rings. The van der Waals surface area contributed by atoms with Crippen LogP contribution in [0.3, 0.4) is 0 Å². The molecule has 12 heavy (non-hydrogen) atoms. The Morgan fingerprint density at radius 2 is 2.25 bits per heavy atom. The van der Waals surface area contributed by atoms with E-state index in [1.54, 1.807) is 18.5 Å². The van der Waals surface area contributed by atoms with Gasteiger partial charge in [0.2, 0.25) is 0 Å². The standard InChI is InChI=1S/C9H12ClNO/c1-7(2)6-12-9-3-8(10)4-11-5-9/h3-5,7H,6H2,1-2H3. The van der Waals surface area contributed by atoms with Crippen molar-refractivity contribution in [2.24, 2.45) is 5.92 Å². The average molecular weight is 186 g/mol. The zero-order chi connectivity index (χ0) is 8.97. The molecule has 0 N–H and O–H groups in total. The van der Waals surface area contributed by atoms with Crippen LogP contribution in [-0.4, -0.2) is 11.6 Å². The van der Waals surface area contributed by atoms with Crippen molar-refractivity contribution in [3.8, 4) is 5.75 Å². The van der Waals surface area contributed by atoms with Gasteiger partial charge in [0.25, 0.3) is 0 Å². The van der Waals surface area contributed by atoms with Crippen molar-refractivity contribution in [3.63, 3.8) is 0 Å². The normalized spacial score (nSPS) is 10.3. The highest BCUT2D eigenvalue weighted by atomic mass is 35.5. The lowest BCUT2D eigenvalue weighted by molar-refractivity contribution is 0.270. The van der Waals surface area contributed by atoms with E-state index in [0.717, 1.165) is 5.75 Å². The highest BCUT2D eigenvalue weighted by Crippen LogP contribution is 2.15. The van der Waals surface area contributed by atoms with Crippen molar-refractivity contribution in [1.82, 2.24) is 4.98 Å². The summed E-state index contributed by atoms with van der Waals surface area (Å²) in [6, 6.07) is 1.76. The summed E-state index contributed by atoms with van der Waals surface area (Å²) < 4.78 is 5.40. The maximum absolute atomic E-state index is 5.72. The van der Waals surface area contributed by atoms with E-state index in [1.807, 2.05) is 0 Å². The average Bonchev–Trinajstić information content (AvgIpc) is 2.01. The molecule has 0 saturated carbocycles. The fourth-order valence-electron chi connectivity index (χ4n) is 0.734. The van der Waals surface area contributed by atoms with Gasteiger partial charge in [0.15, 0.2) is 0 Å². The van der Waals surface area contributed by atoms with Gasteiger partial charge in [0, 0.05) is 12.3 Å². The lowest BCUT2D eigenvalue weighted by Gasteiger charge is -2.07. The zero-order valence-electron chi connectivity index (χ0n) is 7.25. The third kappa shape index (κ3) is 3.09. The first-order chi connectivity index (χ1) is 5.68. The van der Waals surface area contributed by atoms with Crippen LogP contribution in [0.4, 0.5) is 0 Å². The molecule has 0 aliphatic carbocycles. The molecule has 0 aliphatic heterocycles. The smallest absolute Gasteiger partial charge is 0.139 e. The molecule has 0 aromatic carbocycles. The van der Waals surface area contributed by atoms with Crippen molar-refractivity contribution in [2.45, 2.75) is 13.8 Å². The zero-order valence-corrected chi connectivity index (χ0v) is 8.01. The Bertz CT molecular complexity index is 250. The fourth-order valence-corrected chi connectivity index (χ4v) is 0.898. The second-order valence-corrected chi connectivity index (χ2v) is 3.48. The van der Waals surface area contributed by atoms with Gasteiger partial charge >= 0.3 is 0 Å². The molecule has 1 aromatic rings. The summed E-state index contributed by atoms with van der Waals surface area (Å²) >= 11 is 5.72. The van der Waals surface area contributed by atoms with E-state index >= 15 is 0 Å². The predicted octanol–water partition coefficient (Wildman–Crippen LogP) is 2.77. The Morgan fingerprint density at radius 1 is 1.50 bits per heavy atom. The molecule has 1 aromatic heterocycles. The number of nitrogens with zero attached hydrogens (tertiary/aromatic N) is 1. The van der Waals surface area contributed by atoms with Crippen LogP contribution in [0.5, 0.6) is 5.75 Å². The lowest BCUT2D eigenvalue weighted by atomic mass is 10.2. The summed E-state index contributed by atoms with van der Waals surface area (Å²) in [5.41, 5.74) is 0. The highest BCUT2D eigenvalue weighted by Gasteiger charge is 1.97.